The number of carbonyl (C=O) groups excluding carboxylic acids is 2. The second-order valence-corrected chi connectivity index (χ2v) is 14.9. The fourth-order valence-electron chi connectivity index (χ4n) is 7.12. The molecule has 0 saturated carbocycles. The number of rotatable bonds is 9. The number of methoxy groups -OCH3 is 1. The second kappa shape index (κ2) is 17.0. The van der Waals surface area contributed by atoms with Gasteiger partial charge < -0.3 is 29.0 Å². The molecule has 0 aromatic heterocycles. The van der Waals surface area contributed by atoms with Crippen molar-refractivity contribution >= 4 is 11.8 Å². The molecular weight excluding hydrogens is 598 g/mol. The number of carbonyl (C=O) groups is 2. The highest BCUT2D eigenvalue weighted by Crippen LogP contribution is 2.38. The van der Waals surface area contributed by atoms with Gasteiger partial charge in [0.25, 0.3) is 0 Å². The summed E-state index contributed by atoms with van der Waals surface area (Å²) in [6.45, 7) is 13.4. The minimum atomic E-state index is -1.44. The summed E-state index contributed by atoms with van der Waals surface area (Å²) in [6.07, 6.45) is 2.53. The Hall–Kier alpha value is -2.18. The van der Waals surface area contributed by atoms with Crippen molar-refractivity contribution in [3.63, 3.8) is 0 Å². The molecule has 2 heterocycles. The van der Waals surface area contributed by atoms with Gasteiger partial charge in [-0.3, -0.25) is 19.4 Å². The van der Waals surface area contributed by atoms with Crippen LogP contribution in [0.2, 0.25) is 0 Å². The van der Waals surface area contributed by atoms with E-state index in [1.165, 1.54) is 5.56 Å². The first-order chi connectivity index (χ1) is 22.0. The molecule has 266 valence electrons. The van der Waals surface area contributed by atoms with E-state index < -0.39 is 41.4 Å². The van der Waals surface area contributed by atoms with Crippen LogP contribution in [0.5, 0.6) is 0 Å². The normalized spacial score (nSPS) is 35.0. The number of hydrogen-bond acceptors (Lipinski definition) is 10. The van der Waals surface area contributed by atoms with Gasteiger partial charge in [-0.25, -0.2) is 0 Å². The summed E-state index contributed by atoms with van der Waals surface area (Å²) in [6, 6.07) is 9.96. The van der Waals surface area contributed by atoms with Gasteiger partial charge in [0.05, 0.1) is 23.9 Å². The van der Waals surface area contributed by atoms with Gasteiger partial charge >= 0.3 is 5.97 Å². The maximum atomic E-state index is 14.2. The Bertz CT molecular complexity index is 1180. The van der Waals surface area contributed by atoms with Gasteiger partial charge in [0.15, 0.2) is 12.1 Å². The first-order valence-corrected chi connectivity index (χ1v) is 17.0. The van der Waals surface area contributed by atoms with Crippen LogP contribution in [0.3, 0.4) is 0 Å². The van der Waals surface area contributed by atoms with Crippen LogP contribution in [0.1, 0.15) is 59.9 Å². The number of likely N-dealkylation sites (N-methyl/N-ethyl adjacent to an activating group) is 3. The summed E-state index contributed by atoms with van der Waals surface area (Å²) in [5.41, 5.74) is -1.14. The van der Waals surface area contributed by atoms with Gasteiger partial charge in [0.2, 0.25) is 0 Å². The lowest BCUT2D eigenvalue weighted by Crippen LogP contribution is -2.59. The lowest BCUT2D eigenvalue weighted by atomic mass is 9.74. The molecule has 9 atom stereocenters. The number of esters is 1. The lowest BCUT2D eigenvalue weighted by Gasteiger charge is -2.47. The average molecular weight is 660 g/mol. The minimum absolute atomic E-state index is 0.116. The van der Waals surface area contributed by atoms with Crippen LogP contribution >= 0.6 is 0 Å². The molecule has 3 rings (SSSR count). The van der Waals surface area contributed by atoms with E-state index in [0.29, 0.717) is 19.4 Å². The zero-order valence-electron chi connectivity index (χ0n) is 30.6. The van der Waals surface area contributed by atoms with E-state index >= 15 is 0 Å². The molecule has 47 heavy (non-hydrogen) atoms. The number of nitrogens with zero attached hydrogens (tertiary/aromatic N) is 3. The summed E-state index contributed by atoms with van der Waals surface area (Å²) in [4.78, 5) is 34.2. The number of ketones is 1. The van der Waals surface area contributed by atoms with Crippen molar-refractivity contribution in [1.82, 2.24) is 14.7 Å². The molecule has 4 unspecified atom stereocenters. The maximum Gasteiger partial charge on any atom is 0.319 e. The highest BCUT2D eigenvalue weighted by atomic mass is 16.7. The first-order valence-electron chi connectivity index (χ1n) is 17.0. The Labute approximate surface area is 283 Å². The Morgan fingerprint density at radius 1 is 1.09 bits per heavy atom. The molecule has 2 aliphatic rings. The number of ether oxygens (including phenoxy) is 4. The Morgan fingerprint density at radius 3 is 2.36 bits per heavy atom. The first kappa shape index (κ1) is 39.3. The second-order valence-electron chi connectivity index (χ2n) is 14.9. The molecule has 1 N–H and O–H groups in total. The van der Waals surface area contributed by atoms with Crippen LogP contribution in [0, 0.1) is 17.3 Å². The van der Waals surface area contributed by atoms with Crippen molar-refractivity contribution in [3.8, 4) is 0 Å². The van der Waals surface area contributed by atoms with Crippen molar-refractivity contribution in [2.75, 3.05) is 55.0 Å². The quantitative estimate of drug-likeness (QED) is 0.238. The molecule has 0 radical (unpaired) electrons. The average Bonchev–Trinajstić information content (AvgIpc) is 3.01. The predicted molar refractivity (Wildman–Crippen MR) is 184 cm³/mol. The molecule has 1 aromatic carbocycles. The number of hydrogen-bond donors (Lipinski definition) is 1. The third-order valence-electron chi connectivity index (χ3n) is 9.99. The van der Waals surface area contributed by atoms with Gasteiger partial charge in [-0.05, 0) is 80.2 Å². The molecule has 10 heteroatoms. The summed E-state index contributed by atoms with van der Waals surface area (Å²) >= 11 is 0. The van der Waals surface area contributed by atoms with E-state index in [2.05, 4.69) is 48.1 Å². The number of Topliss-reactive ketones (excluding diaryl/α,β-unsaturated/α-hetero) is 1. The van der Waals surface area contributed by atoms with Crippen molar-refractivity contribution in [1.29, 1.82) is 0 Å². The molecule has 0 aliphatic carbocycles. The molecule has 0 amide bonds. The summed E-state index contributed by atoms with van der Waals surface area (Å²) in [7, 11) is 9.57. The molecule has 1 aromatic rings. The van der Waals surface area contributed by atoms with Gasteiger partial charge in [-0.2, -0.15) is 0 Å². The number of benzene rings is 1. The van der Waals surface area contributed by atoms with Crippen LogP contribution < -0.4 is 0 Å². The maximum absolute atomic E-state index is 14.2. The highest BCUT2D eigenvalue weighted by Gasteiger charge is 2.51. The zero-order valence-corrected chi connectivity index (χ0v) is 30.6. The fourth-order valence-corrected chi connectivity index (χ4v) is 7.12. The number of cyclic esters (lactones) is 1. The summed E-state index contributed by atoms with van der Waals surface area (Å²) < 4.78 is 24.9. The summed E-state index contributed by atoms with van der Waals surface area (Å²) in [5, 5.41) is 11.3. The molecule has 2 aliphatic heterocycles. The Morgan fingerprint density at radius 2 is 1.74 bits per heavy atom. The van der Waals surface area contributed by atoms with Crippen LogP contribution in [-0.2, 0) is 35.1 Å². The SMILES string of the molecule is CO[C@]1(C)C[C@@H](C)CN(C)[C@@H](/C=C/CN(C)Cc2ccccc2)COC(=O)C(C)(C)C(=O)[C@H](C)[C@H]1OC1OC(C)CC(N(C)C)C1O. The third-order valence-corrected chi connectivity index (χ3v) is 9.99. The number of aliphatic hydroxyl groups excluding tert-OH is 1. The van der Waals surface area contributed by atoms with Crippen molar-refractivity contribution in [2.45, 2.75) is 103 Å². The van der Waals surface area contributed by atoms with E-state index in [0.717, 1.165) is 13.1 Å². The van der Waals surface area contributed by atoms with Crippen LogP contribution in [0.15, 0.2) is 42.5 Å². The van der Waals surface area contributed by atoms with Gasteiger partial charge in [0.1, 0.15) is 18.1 Å². The summed E-state index contributed by atoms with van der Waals surface area (Å²) in [5.74, 6) is -1.55. The fraction of sp³-hybridized carbons (Fsp3) is 0.730. The predicted octanol–water partition coefficient (Wildman–Crippen LogP) is 4.01. The van der Waals surface area contributed by atoms with Crippen LogP contribution in [0.4, 0.5) is 0 Å². The highest BCUT2D eigenvalue weighted by molar-refractivity contribution is 6.04. The molecule has 10 nitrogen and oxygen atoms in total. The molecule has 0 spiro atoms. The minimum Gasteiger partial charge on any atom is -0.463 e. The lowest BCUT2D eigenvalue weighted by molar-refractivity contribution is -0.295. The van der Waals surface area contributed by atoms with Crippen molar-refractivity contribution < 1.29 is 33.6 Å². The van der Waals surface area contributed by atoms with Crippen molar-refractivity contribution in [2.24, 2.45) is 17.3 Å². The van der Waals surface area contributed by atoms with Crippen LogP contribution in [-0.4, -0.2) is 129 Å². The molecule has 2 fully saturated rings. The van der Waals surface area contributed by atoms with E-state index in [4.69, 9.17) is 18.9 Å². The zero-order chi connectivity index (χ0) is 35.1. The molecular formula is C37H61N3O7. The van der Waals surface area contributed by atoms with E-state index in [1.807, 2.05) is 58.1 Å². The smallest absolute Gasteiger partial charge is 0.319 e. The van der Waals surface area contributed by atoms with E-state index in [1.54, 1.807) is 27.9 Å². The van der Waals surface area contributed by atoms with Crippen molar-refractivity contribution in [3.05, 3.63) is 48.0 Å². The monoisotopic (exact) mass is 659 g/mol. The topological polar surface area (TPSA) is 101 Å². The third kappa shape index (κ3) is 10.2. The Balaban J connectivity index is 1.89. The largest absolute Gasteiger partial charge is 0.463 e. The van der Waals surface area contributed by atoms with E-state index in [9.17, 15) is 14.7 Å². The molecule has 2 saturated heterocycles. The number of aliphatic hydroxyl groups is 1. The van der Waals surface area contributed by atoms with Gasteiger partial charge in [0, 0.05) is 38.7 Å². The van der Waals surface area contributed by atoms with Crippen LogP contribution in [0.25, 0.3) is 0 Å². The Kier molecular flexibility index (Phi) is 14.2. The standard InChI is InChI=1S/C37H61N3O7/c1-25-21-37(6,44-11)33(47-34-31(41)30(38(7)8)20-26(2)46-34)27(3)32(42)36(4,5)35(43)45-24-29(40(10)22-25)18-15-19-39(9)23-28-16-13-12-14-17-28/h12-18,25-27,29-31,33-34,41H,19-24H2,1-11H3/b18-15+/t25-,26?,27+,29+,30?,31?,33-,34?,37-/m1/s1. The van der Waals surface area contributed by atoms with E-state index in [-0.39, 0.29) is 36.5 Å². The van der Waals surface area contributed by atoms with Gasteiger partial charge in [-0.1, -0.05) is 56.3 Å². The molecule has 0 bridgehead atoms. The van der Waals surface area contributed by atoms with Gasteiger partial charge in [-0.15, -0.1) is 0 Å².